The van der Waals surface area contributed by atoms with E-state index in [1.54, 1.807) is 28.4 Å². The maximum absolute atomic E-state index is 5.45. The van der Waals surface area contributed by atoms with Crippen molar-refractivity contribution in [2.24, 2.45) is 0 Å². The molecule has 0 aliphatic carbocycles. The topological polar surface area (TPSA) is 41.3 Å². The van der Waals surface area contributed by atoms with Gasteiger partial charge in [-0.05, 0) is 48.4 Å². The van der Waals surface area contributed by atoms with Gasteiger partial charge in [0.25, 0.3) is 0 Å². The minimum Gasteiger partial charge on any atom is -0.496 e. The summed E-state index contributed by atoms with van der Waals surface area (Å²) in [5.41, 5.74) is 4.90. The first kappa shape index (κ1) is 17.7. The highest BCUT2D eigenvalue weighted by molar-refractivity contribution is 5.81. The zero-order chi connectivity index (χ0) is 18.8. The molecule has 2 aromatic heterocycles. The second-order valence-electron chi connectivity index (χ2n) is 5.88. The van der Waals surface area contributed by atoms with E-state index >= 15 is 0 Å². The fraction of sp³-hybridized carbons (Fsp3) is 0.238. The summed E-state index contributed by atoms with van der Waals surface area (Å²) >= 11 is 0. The van der Waals surface area contributed by atoms with Crippen molar-refractivity contribution in [1.29, 1.82) is 0 Å². The molecule has 3 rings (SSSR count). The third kappa shape index (κ3) is 2.75. The molecule has 0 saturated carbocycles. The van der Waals surface area contributed by atoms with E-state index < -0.39 is 0 Å². The Labute approximate surface area is 153 Å². The molecular weight excluding hydrogens is 330 g/mol. The number of aryl methyl sites for hydroxylation is 1. The standard InChI is InChI=1S/C21H23NO4/c1-13(15-11-19(24-4)21(26-6)20(12-15)25-5)16-7-8-17-14(2)18(23-3)9-10-22(16)17/h7-12H,1H2,2-6H3. The van der Waals surface area contributed by atoms with Crippen molar-refractivity contribution >= 4 is 11.1 Å². The lowest BCUT2D eigenvalue weighted by molar-refractivity contribution is 0.324. The van der Waals surface area contributed by atoms with E-state index in [4.69, 9.17) is 18.9 Å². The van der Waals surface area contributed by atoms with Crippen LogP contribution < -0.4 is 18.9 Å². The smallest absolute Gasteiger partial charge is 0.203 e. The van der Waals surface area contributed by atoms with Gasteiger partial charge in [0.1, 0.15) is 5.75 Å². The summed E-state index contributed by atoms with van der Waals surface area (Å²) in [6.07, 6.45) is 1.99. The summed E-state index contributed by atoms with van der Waals surface area (Å²) in [5.74, 6) is 2.62. The molecule has 5 nitrogen and oxygen atoms in total. The summed E-state index contributed by atoms with van der Waals surface area (Å²) in [6.45, 7) is 6.33. The molecule has 0 aliphatic rings. The van der Waals surface area contributed by atoms with E-state index in [1.807, 2.05) is 37.4 Å². The lowest BCUT2D eigenvalue weighted by Crippen LogP contribution is -1.99. The van der Waals surface area contributed by atoms with Gasteiger partial charge in [-0.15, -0.1) is 0 Å². The van der Waals surface area contributed by atoms with Gasteiger partial charge in [-0.3, -0.25) is 0 Å². The molecule has 5 heteroatoms. The second-order valence-corrected chi connectivity index (χ2v) is 5.88. The van der Waals surface area contributed by atoms with Gasteiger partial charge in [-0.25, -0.2) is 0 Å². The van der Waals surface area contributed by atoms with E-state index in [2.05, 4.69) is 17.0 Å². The molecule has 0 bridgehead atoms. The molecule has 1 aromatic carbocycles. The van der Waals surface area contributed by atoms with E-state index in [-0.39, 0.29) is 0 Å². The van der Waals surface area contributed by atoms with Gasteiger partial charge in [0.05, 0.1) is 39.6 Å². The Hall–Kier alpha value is -3.08. The van der Waals surface area contributed by atoms with Crippen LogP contribution in [-0.4, -0.2) is 32.8 Å². The summed E-state index contributed by atoms with van der Waals surface area (Å²) in [6, 6.07) is 9.87. The highest BCUT2D eigenvalue weighted by atomic mass is 16.5. The average molecular weight is 353 g/mol. The fourth-order valence-electron chi connectivity index (χ4n) is 3.18. The predicted molar refractivity (Wildman–Crippen MR) is 103 cm³/mol. The van der Waals surface area contributed by atoms with Crippen molar-refractivity contribution < 1.29 is 18.9 Å². The number of aromatic nitrogens is 1. The van der Waals surface area contributed by atoms with Crippen LogP contribution in [-0.2, 0) is 0 Å². The van der Waals surface area contributed by atoms with Crippen LogP contribution in [0.15, 0.2) is 43.1 Å². The summed E-state index contributed by atoms with van der Waals surface area (Å²) in [7, 11) is 6.47. The number of hydrogen-bond donors (Lipinski definition) is 0. The molecule has 136 valence electrons. The maximum atomic E-state index is 5.45. The van der Waals surface area contributed by atoms with Gasteiger partial charge in [-0.2, -0.15) is 0 Å². The third-order valence-corrected chi connectivity index (χ3v) is 4.59. The van der Waals surface area contributed by atoms with Gasteiger partial charge in [-0.1, -0.05) is 6.58 Å². The first-order chi connectivity index (χ1) is 12.5. The normalized spacial score (nSPS) is 10.7. The number of pyridine rings is 1. The largest absolute Gasteiger partial charge is 0.496 e. The number of fused-ring (bicyclic) bond motifs is 1. The van der Waals surface area contributed by atoms with Crippen LogP contribution in [0, 0.1) is 6.92 Å². The summed E-state index contributed by atoms with van der Waals surface area (Å²) in [5, 5.41) is 0. The van der Waals surface area contributed by atoms with Crippen molar-refractivity contribution in [2.45, 2.75) is 6.92 Å². The van der Waals surface area contributed by atoms with Crippen LogP contribution in [0.5, 0.6) is 23.0 Å². The van der Waals surface area contributed by atoms with Crippen molar-refractivity contribution in [3.63, 3.8) is 0 Å². The maximum Gasteiger partial charge on any atom is 0.203 e. The lowest BCUT2D eigenvalue weighted by atomic mass is 10.0. The Bertz CT molecular complexity index is 947. The van der Waals surface area contributed by atoms with Crippen molar-refractivity contribution in [3.05, 3.63) is 59.9 Å². The second kappa shape index (κ2) is 7.04. The quantitative estimate of drug-likeness (QED) is 0.661. The highest BCUT2D eigenvalue weighted by Gasteiger charge is 2.17. The molecule has 0 atom stereocenters. The Balaban J connectivity index is 2.13. The number of ether oxygens (including phenoxy) is 4. The molecule has 0 amide bonds. The monoisotopic (exact) mass is 353 g/mol. The summed E-state index contributed by atoms with van der Waals surface area (Å²) < 4.78 is 23.8. The van der Waals surface area contributed by atoms with Crippen LogP contribution >= 0.6 is 0 Å². The molecule has 0 N–H and O–H groups in total. The Morgan fingerprint density at radius 2 is 1.46 bits per heavy atom. The van der Waals surface area contributed by atoms with Crippen LogP contribution in [0.2, 0.25) is 0 Å². The van der Waals surface area contributed by atoms with Gasteiger partial charge >= 0.3 is 0 Å². The number of rotatable bonds is 6. The zero-order valence-electron chi connectivity index (χ0n) is 15.8. The molecule has 0 saturated heterocycles. The predicted octanol–water partition coefficient (Wildman–Crippen LogP) is 4.34. The number of benzene rings is 1. The van der Waals surface area contributed by atoms with E-state index in [9.17, 15) is 0 Å². The number of methoxy groups -OCH3 is 4. The molecule has 0 fully saturated rings. The van der Waals surface area contributed by atoms with Crippen LogP contribution in [0.25, 0.3) is 11.1 Å². The van der Waals surface area contributed by atoms with E-state index in [0.29, 0.717) is 17.2 Å². The minimum atomic E-state index is 0.562. The first-order valence-corrected chi connectivity index (χ1v) is 8.20. The molecule has 3 aromatic rings. The molecule has 2 heterocycles. The Kier molecular flexibility index (Phi) is 4.80. The zero-order valence-corrected chi connectivity index (χ0v) is 15.8. The summed E-state index contributed by atoms with van der Waals surface area (Å²) in [4.78, 5) is 0. The molecule has 0 unspecified atom stereocenters. The van der Waals surface area contributed by atoms with Crippen molar-refractivity contribution in [1.82, 2.24) is 4.40 Å². The Morgan fingerprint density at radius 1 is 0.846 bits per heavy atom. The molecule has 0 aliphatic heterocycles. The molecular formula is C21H23NO4. The SMILES string of the molecule is C=C(c1cc(OC)c(OC)c(OC)c1)c1ccc2c(C)c(OC)ccn12. The van der Waals surface area contributed by atoms with Gasteiger partial charge in [0.15, 0.2) is 11.5 Å². The van der Waals surface area contributed by atoms with Crippen molar-refractivity contribution in [2.75, 3.05) is 28.4 Å². The van der Waals surface area contributed by atoms with E-state index in [0.717, 1.165) is 33.7 Å². The molecule has 0 radical (unpaired) electrons. The van der Waals surface area contributed by atoms with Gasteiger partial charge in [0.2, 0.25) is 5.75 Å². The molecule has 0 spiro atoms. The van der Waals surface area contributed by atoms with Gasteiger partial charge in [0, 0.05) is 11.8 Å². The average Bonchev–Trinajstić information content (AvgIpc) is 3.11. The van der Waals surface area contributed by atoms with Crippen molar-refractivity contribution in [3.8, 4) is 23.0 Å². The third-order valence-electron chi connectivity index (χ3n) is 4.59. The minimum absolute atomic E-state index is 0.562. The molecule has 26 heavy (non-hydrogen) atoms. The van der Waals surface area contributed by atoms with Crippen LogP contribution in [0.1, 0.15) is 16.8 Å². The van der Waals surface area contributed by atoms with Gasteiger partial charge < -0.3 is 23.3 Å². The fourth-order valence-corrected chi connectivity index (χ4v) is 3.18. The van der Waals surface area contributed by atoms with Crippen LogP contribution in [0.4, 0.5) is 0 Å². The Morgan fingerprint density at radius 3 is 2.00 bits per heavy atom. The highest BCUT2D eigenvalue weighted by Crippen LogP contribution is 2.41. The number of hydrogen-bond acceptors (Lipinski definition) is 4. The van der Waals surface area contributed by atoms with E-state index in [1.165, 1.54) is 0 Å². The first-order valence-electron chi connectivity index (χ1n) is 8.20. The lowest BCUT2D eigenvalue weighted by Gasteiger charge is -2.16. The number of nitrogens with zero attached hydrogens (tertiary/aromatic N) is 1. The van der Waals surface area contributed by atoms with Crippen LogP contribution in [0.3, 0.4) is 0 Å².